The van der Waals surface area contributed by atoms with Gasteiger partial charge in [-0.2, -0.15) is 0 Å². The highest BCUT2D eigenvalue weighted by Crippen LogP contribution is 2.59. The average Bonchev–Trinajstić information content (AvgIpc) is 2.32. The lowest BCUT2D eigenvalue weighted by atomic mass is 9.49. The van der Waals surface area contributed by atoms with Crippen molar-refractivity contribution in [2.45, 2.75) is 58.4 Å². The second kappa shape index (κ2) is 5.13. The summed E-state index contributed by atoms with van der Waals surface area (Å²) in [6.45, 7) is 7.99. The standard InChI is InChI=1S/C16H30N2/c1-3-17-10-12(2)18-11-16-7-13-4-14(8-16)6-15(5-13)9-16/h12-15,17-18H,3-11H2,1-2H3. The molecule has 2 N–H and O–H groups in total. The zero-order valence-electron chi connectivity index (χ0n) is 12.2. The number of nitrogens with one attached hydrogen (secondary N) is 2. The van der Waals surface area contributed by atoms with Crippen LogP contribution in [0.3, 0.4) is 0 Å². The Morgan fingerprint density at radius 1 is 1.06 bits per heavy atom. The van der Waals surface area contributed by atoms with Crippen molar-refractivity contribution < 1.29 is 0 Å². The van der Waals surface area contributed by atoms with Crippen LogP contribution < -0.4 is 10.6 Å². The van der Waals surface area contributed by atoms with Crippen LogP contribution in [0, 0.1) is 23.2 Å². The summed E-state index contributed by atoms with van der Waals surface area (Å²) >= 11 is 0. The van der Waals surface area contributed by atoms with Crippen LogP contribution in [0.5, 0.6) is 0 Å². The molecule has 1 unspecified atom stereocenters. The van der Waals surface area contributed by atoms with E-state index >= 15 is 0 Å². The van der Waals surface area contributed by atoms with Gasteiger partial charge in [-0.15, -0.1) is 0 Å². The van der Waals surface area contributed by atoms with Gasteiger partial charge in [-0.05, 0) is 75.2 Å². The first-order valence-corrected chi connectivity index (χ1v) is 8.13. The quantitative estimate of drug-likeness (QED) is 0.757. The molecule has 104 valence electrons. The zero-order valence-corrected chi connectivity index (χ0v) is 12.2. The summed E-state index contributed by atoms with van der Waals surface area (Å²) in [4.78, 5) is 0. The second-order valence-electron chi connectivity index (χ2n) is 7.51. The topological polar surface area (TPSA) is 24.1 Å². The third kappa shape index (κ3) is 2.60. The van der Waals surface area contributed by atoms with Crippen LogP contribution in [0.25, 0.3) is 0 Å². The molecule has 0 radical (unpaired) electrons. The minimum absolute atomic E-state index is 0.623. The summed E-state index contributed by atoms with van der Waals surface area (Å²) in [5.74, 6) is 3.26. The van der Waals surface area contributed by atoms with Crippen molar-refractivity contribution in [2.75, 3.05) is 19.6 Å². The Labute approximate surface area is 112 Å². The molecule has 2 heteroatoms. The molecule has 0 amide bonds. The maximum absolute atomic E-state index is 3.81. The molecule has 0 spiro atoms. The lowest BCUT2D eigenvalue weighted by molar-refractivity contribution is -0.0522. The maximum Gasteiger partial charge on any atom is 0.0164 e. The van der Waals surface area contributed by atoms with Gasteiger partial charge < -0.3 is 10.6 Å². The number of hydrogen-bond acceptors (Lipinski definition) is 2. The predicted molar refractivity (Wildman–Crippen MR) is 76.6 cm³/mol. The van der Waals surface area contributed by atoms with Crippen LogP contribution in [0.15, 0.2) is 0 Å². The number of rotatable bonds is 6. The van der Waals surface area contributed by atoms with Gasteiger partial charge in [0.2, 0.25) is 0 Å². The monoisotopic (exact) mass is 250 g/mol. The van der Waals surface area contributed by atoms with Crippen LogP contribution in [-0.4, -0.2) is 25.7 Å². The van der Waals surface area contributed by atoms with Crippen LogP contribution >= 0.6 is 0 Å². The lowest BCUT2D eigenvalue weighted by Crippen LogP contribution is -2.52. The van der Waals surface area contributed by atoms with E-state index in [4.69, 9.17) is 0 Å². The van der Waals surface area contributed by atoms with Gasteiger partial charge in [0.15, 0.2) is 0 Å². The van der Waals surface area contributed by atoms with Gasteiger partial charge in [0, 0.05) is 19.1 Å². The first kappa shape index (κ1) is 12.9. The number of likely N-dealkylation sites (N-methyl/N-ethyl adjacent to an activating group) is 1. The van der Waals surface area contributed by atoms with Crippen molar-refractivity contribution in [3.05, 3.63) is 0 Å². The molecule has 0 aromatic heterocycles. The SMILES string of the molecule is CCNCC(C)NCC12CC3CC(CC(C3)C1)C2. The number of hydrogen-bond donors (Lipinski definition) is 2. The van der Waals surface area contributed by atoms with E-state index in [9.17, 15) is 0 Å². The van der Waals surface area contributed by atoms with Gasteiger partial charge in [-0.25, -0.2) is 0 Å². The predicted octanol–water partition coefficient (Wildman–Crippen LogP) is 2.79. The lowest BCUT2D eigenvalue weighted by Gasteiger charge is -2.57. The van der Waals surface area contributed by atoms with Gasteiger partial charge >= 0.3 is 0 Å². The molecule has 0 aliphatic heterocycles. The van der Waals surface area contributed by atoms with Crippen LogP contribution in [0.4, 0.5) is 0 Å². The molecule has 0 saturated heterocycles. The first-order valence-electron chi connectivity index (χ1n) is 8.13. The molecule has 18 heavy (non-hydrogen) atoms. The highest BCUT2D eigenvalue weighted by Gasteiger charge is 2.50. The van der Waals surface area contributed by atoms with Crippen molar-refractivity contribution in [3.63, 3.8) is 0 Å². The molecular weight excluding hydrogens is 220 g/mol. The molecule has 4 rings (SSSR count). The summed E-state index contributed by atoms with van der Waals surface area (Å²) < 4.78 is 0. The maximum atomic E-state index is 3.81. The molecule has 4 bridgehead atoms. The third-order valence-corrected chi connectivity index (χ3v) is 5.69. The molecule has 2 nitrogen and oxygen atoms in total. The Bertz CT molecular complexity index is 252. The molecule has 4 fully saturated rings. The van der Waals surface area contributed by atoms with Gasteiger partial charge in [0.05, 0.1) is 0 Å². The summed E-state index contributed by atoms with van der Waals surface area (Å²) in [6, 6.07) is 0.623. The summed E-state index contributed by atoms with van der Waals surface area (Å²) in [6.07, 6.45) is 9.27. The van der Waals surface area contributed by atoms with Crippen molar-refractivity contribution in [3.8, 4) is 0 Å². The van der Waals surface area contributed by atoms with Gasteiger partial charge in [0.1, 0.15) is 0 Å². The fourth-order valence-electron chi connectivity index (χ4n) is 5.33. The van der Waals surface area contributed by atoms with Gasteiger partial charge in [-0.1, -0.05) is 6.92 Å². The molecule has 4 aliphatic rings. The average molecular weight is 250 g/mol. The highest BCUT2D eigenvalue weighted by molar-refractivity contribution is 5.02. The largest absolute Gasteiger partial charge is 0.315 e. The van der Waals surface area contributed by atoms with E-state index in [1.165, 1.54) is 25.8 Å². The molecule has 1 atom stereocenters. The van der Waals surface area contributed by atoms with E-state index in [1.54, 1.807) is 19.3 Å². The van der Waals surface area contributed by atoms with Gasteiger partial charge in [-0.3, -0.25) is 0 Å². The van der Waals surface area contributed by atoms with Crippen molar-refractivity contribution in [2.24, 2.45) is 23.2 Å². The van der Waals surface area contributed by atoms with Gasteiger partial charge in [0.25, 0.3) is 0 Å². The summed E-state index contributed by atoms with van der Waals surface area (Å²) in [7, 11) is 0. The molecular formula is C16H30N2. The van der Waals surface area contributed by atoms with E-state index in [-0.39, 0.29) is 0 Å². The molecule has 0 aromatic rings. The fourth-order valence-corrected chi connectivity index (χ4v) is 5.33. The van der Waals surface area contributed by atoms with E-state index in [0.29, 0.717) is 11.5 Å². The Balaban J connectivity index is 1.52. The van der Waals surface area contributed by atoms with Crippen molar-refractivity contribution in [1.29, 1.82) is 0 Å². The molecule has 0 heterocycles. The van der Waals surface area contributed by atoms with Crippen LogP contribution in [0.2, 0.25) is 0 Å². The van der Waals surface area contributed by atoms with Crippen LogP contribution in [0.1, 0.15) is 52.4 Å². The Morgan fingerprint density at radius 2 is 1.61 bits per heavy atom. The van der Waals surface area contributed by atoms with Crippen molar-refractivity contribution >= 4 is 0 Å². The third-order valence-electron chi connectivity index (χ3n) is 5.69. The first-order chi connectivity index (χ1) is 8.69. The highest BCUT2D eigenvalue weighted by atomic mass is 15.0. The van der Waals surface area contributed by atoms with Crippen molar-refractivity contribution in [1.82, 2.24) is 10.6 Å². The normalized spacial score (nSPS) is 43.3. The Kier molecular flexibility index (Phi) is 3.68. The van der Waals surface area contributed by atoms with Crippen LogP contribution in [-0.2, 0) is 0 Å². The second-order valence-corrected chi connectivity index (χ2v) is 7.51. The van der Waals surface area contributed by atoms with E-state index in [1.807, 2.05) is 0 Å². The Morgan fingerprint density at radius 3 is 2.11 bits per heavy atom. The molecule has 0 aromatic carbocycles. The van der Waals surface area contributed by atoms with E-state index in [2.05, 4.69) is 24.5 Å². The molecule has 4 saturated carbocycles. The van der Waals surface area contributed by atoms with E-state index < -0.39 is 0 Å². The molecule has 4 aliphatic carbocycles. The minimum Gasteiger partial charge on any atom is -0.315 e. The summed E-state index contributed by atoms with van der Waals surface area (Å²) in [5.41, 5.74) is 0.690. The smallest absolute Gasteiger partial charge is 0.0164 e. The van der Waals surface area contributed by atoms with E-state index in [0.717, 1.165) is 30.8 Å². The zero-order chi connectivity index (χ0) is 12.6. The minimum atomic E-state index is 0.623. The Hall–Kier alpha value is -0.0800. The fraction of sp³-hybridized carbons (Fsp3) is 1.00. The summed E-state index contributed by atoms with van der Waals surface area (Å²) in [5, 5.41) is 7.26.